The summed E-state index contributed by atoms with van der Waals surface area (Å²) < 4.78 is 43.7. The van der Waals surface area contributed by atoms with E-state index in [4.69, 9.17) is 4.42 Å². The Morgan fingerprint density at radius 3 is 2.57 bits per heavy atom. The number of hydrogen-bond acceptors (Lipinski definition) is 4. The second kappa shape index (κ2) is 5.40. The highest BCUT2D eigenvalue weighted by molar-refractivity contribution is 7.98. The molecule has 0 aliphatic rings. The van der Waals surface area contributed by atoms with Crippen LogP contribution < -0.4 is 0 Å². The summed E-state index contributed by atoms with van der Waals surface area (Å²) in [5, 5.41) is 0.895. The van der Waals surface area contributed by atoms with E-state index in [1.54, 1.807) is 36.4 Å². The van der Waals surface area contributed by atoms with Crippen molar-refractivity contribution in [2.24, 2.45) is 0 Å². The second-order valence-corrected chi connectivity index (χ2v) is 5.20. The number of thioether (sulfide) groups is 1. The van der Waals surface area contributed by atoms with Gasteiger partial charge in [0.05, 0.1) is 17.5 Å². The monoisotopic (exact) mass is 310 g/mol. The van der Waals surface area contributed by atoms with Crippen molar-refractivity contribution >= 4 is 22.7 Å². The number of fused-ring (bicyclic) bond motifs is 1. The maximum atomic E-state index is 12.9. The van der Waals surface area contributed by atoms with Gasteiger partial charge in [0, 0.05) is 5.39 Å². The number of benzene rings is 1. The number of para-hydroxylation sites is 1. The molecule has 108 valence electrons. The Balaban J connectivity index is 2.02. The van der Waals surface area contributed by atoms with Crippen LogP contribution in [0.1, 0.15) is 11.6 Å². The molecule has 2 heterocycles. The summed E-state index contributed by atoms with van der Waals surface area (Å²) >= 11 is 1.19. The van der Waals surface area contributed by atoms with E-state index >= 15 is 0 Å². The van der Waals surface area contributed by atoms with Crippen LogP contribution in [0.15, 0.2) is 52.1 Å². The second-order valence-electron chi connectivity index (χ2n) is 4.24. The third-order valence-corrected chi connectivity index (χ3v) is 3.77. The number of furan rings is 1. The first-order chi connectivity index (χ1) is 10.0. The van der Waals surface area contributed by atoms with E-state index in [9.17, 15) is 13.2 Å². The molecule has 0 bridgehead atoms. The average Bonchev–Trinajstić information content (AvgIpc) is 2.96. The number of rotatable bonds is 3. The van der Waals surface area contributed by atoms with Crippen molar-refractivity contribution in [3.63, 3.8) is 0 Å². The van der Waals surface area contributed by atoms with Crippen molar-refractivity contribution in [3.05, 3.63) is 54.2 Å². The first kappa shape index (κ1) is 13.9. The Bertz CT molecular complexity index is 757. The molecule has 0 unspecified atom stereocenters. The van der Waals surface area contributed by atoms with Gasteiger partial charge in [0.2, 0.25) is 5.82 Å². The minimum atomic E-state index is -4.57. The molecular weight excluding hydrogens is 301 g/mol. The molecule has 0 N–H and O–H groups in total. The van der Waals surface area contributed by atoms with E-state index in [1.165, 1.54) is 18.0 Å². The molecule has 0 atom stereocenters. The summed E-state index contributed by atoms with van der Waals surface area (Å²) in [6.07, 6.45) is -3.04. The maximum absolute atomic E-state index is 12.9. The highest BCUT2D eigenvalue weighted by atomic mass is 32.2. The predicted octanol–water partition coefficient (Wildman–Crippen LogP) is 4.53. The first-order valence-electron chi connectivity index (χ1n) is 6.03. The highest BCUT2D eigenvalue weighted by Crippen LogP contribution is 2.33. The van der Waals surface area contributed by atoms with Crippen LogP contribution in [0, 0.1) is 0 Å². The van der Waals surface area contributed by atoms with Gasteiger partial charge in [0.1, 0.15) is 10.8 Å². The van der Waals surface area contributed by atoms with Gasteiger partial charge < -0.3 is 4.42 Å². The van der Waals surface area contributed by atoms with Crippen LogP contribution in [0.4, 0.5) is 13.2 Å². The Kier molecular flexibility index (Phi) is 3.59. The lowest BCUT2D eigenvalue weighted by Gasteiger charge is -2.09. The van der Waals surface area contributed by atoms with Gasteiger partial charge in [-0.2, -0.15) is 13.2 Å². The Hall–Kier alpha value is -2.02. The first-order valence-corrected chi connectivity index (χ1v) is 7.02. The molecule has 1 aromatic carbocycles. The van der Waals surface area contributed by atoms with E-state index in [0.29, 0.717) is 21.9 Å². The van der Waals surface area contributed by atoms with E-state index in [-0.39, 0.29) is 5.52 Å². The predicted molar refractivity (Wildman–Crippen MR) is 72.8 cm³/mol. The van der Waals surface area contributed by atoms with Gasteiger partial charge in [-0.1, -0.05) is 30.0 Å². The third kappa shape index (κ3) is 3.02. The molecule has 3 aromatic rings. The molecule has 7 heteroatoms. The topological polar surface area (TPSA) is 38.9 Å². The van der Waals surface area contributed by atoms with Crippen LogP contribution in [-0.2, 0) is 11.9 Å². The number of aromatic nitrogens is 2. The summed E-state index contributed by atoms with van der Waals surface area (Å²) in [5.41, 5.74) is 0.279. The smallest absolute Gasteiger partial charge is 0.451 e. The molecular formula is C14H9F3N2OS. The zero-order valence-corrected chi connectivity index (χ0v) is 11.4. The SMILES string of the molecule is FC(F)(F)c1nc(SCc2ccco2)c2ccccc2n1. The quantitative estimate of drug-likeness (QED) is 0.526. The van der Waals surface area contributed by atoms with E-state index in [0.717, 1.165) is 0 Å². The van der Waals surface area contributed by atoms with Crippen molar-refractivity contribution in [1.82, 2.24) is 9.97 Å². The van der Waals surface area contributed by atoms with Crippen LogP contribution in [0.3, 0.4) is 0 Å². The van der Waals surface area contributed by atoms with Crippen molar-refractivity contribution < 1.29 is 17.6 Å². The van der Waals surface area contributed by atoms with Gasteiger partial charge in [0.25, 0.3) is 0 Å². The Morgan fingerprint density at radius 2 is 1.86 bits per heavy atom. The number of hydrogen-bond donors (Lipinski definition) is 0. The lowest BCUT2D eigenvalue weighted by molar-refractivity contribution is -0.145. The van der Waals surface area contributed by atoms with Gasteiger partial charge in [-0.25, -0.2) is 9.97 Å². The fraction of sp³-hybridized carbons (Fsp3) is 0.143. The molecule has 0 amide bonds. The van der Waals surface area contributed by atoms with Gasteiger partial charge >= 0.3 is 6.18 Å². The molecule has 3 nitrogen and oxygen atoms in total. The number of alkyl halides is 3. The summed E-state index contributed by atoms with van der Waals surface area (Å²) in [6, 6.07) is 10.1. The molecule has 0 radical (unpaired) electrons. The normalized spacial score (nSPS) is 12.0. The van der Waals surface area contributed by atoms with Crippen LogP contribution in [-0.4, -0.2) is 9.97 Å². The zero-order valence-electron chi connectivity index (χ0n) is 10.6. The minimum Gasteiger partial charge on any atom is -0.468 e. The van der Waals surface area contributed by atoms with E-state index in [2.05, 4.69) is 9.97 Å². The fourth-order valence-corrected chi connectivity index (χ4v) is 2.74. The van der Waals surface area contributed by atoms with Gasteiger partial charge in [0.15, 0.2) is 0 Å². The lowest BCUT2D eigenvalue weighted by Crippen LogP contribution is -2.11. The minimum absolute atomic E-state index is 0.279. The summed E-state index contributed by atoms with van der Waals surface area (Å²) in [7, 11) is 0. The lowest BCUT2D eigenvalue weighted by atomic mass is 10.2. The highest BCUT2D eigenvalue weighted by Gasteiger charge is 2.35. The molecule has 2 aromatic heterocycles. The Morgan fingerprint density at radius 1 is 1.05 bits per heavy atom. The molecule has 0 saturated heterocycles. The van der Waals surface area contributed by atoms with Crippen molar-refractivity contribution in [2.45, 2.75) is 17.0 Å². The number of nitrogens with zero attached hydrogens (tertiary/aromatic N) is 2. The van der Waals surface area contributed by atoms with E-state index < -0.39 is 12.0 Å². The molecule has 0 spiro atoms. The molecule has 0 aliphatic heterocycles. The molecule has 21 heavy (non-hydrogen) atoms. The standard InChI is InChI=1S/C14H9F3N2OS/c15-14(16,17)13-18-11-6-2-1-5-10(11)12(19-13)21-8-9-4-3-7-20-9/h1-7H,8H2. The maximum Gasteiger partial charge on any atom is 0.451 e. The van der Waals surface area contributed by atoms with Crippen LogP contribution >= 0.6 is 11.8 Å². The third-order valence-electron chi connectivity index (χ3n) is 2.75. The largest absolute Gasteiger partial charge is 0.468 e. The Labute approximate surface area is 122 Å². The summed E-state index contributed by atoms with van der Waals surface area (Å²) in [4.78, 5) is 7.24. The van der Waals surface area contributed by atoms with Crippen molar-refractivity contribution in [3.8, 4) is 0 Å². The number of halogens is 3. The van der Waals surface area contributed by atoms with Crippen LogP contribution in [0.2, 0.25) is 0 Å². The van der Waals surface area contributed by atoms with Crippen molar-refractivity contribution in [2.75, 3.05) is 0 Å². The summed E-state index contributed by atoms with van der Waals surface area (Å²) in [6.45, 7) is 0. The van der Waals surface area contributed by atoms with Crippen LogP contribution in [0.25, 0.3) is 10.9 Å². The molecule has 3 rings (SSSR count). The van der Waals surface area contributed by atoms with Gasteiger partial charge in [-0.05, 0) is 18.2 Å². The van der Waals surface area contributed by atoms with Crippen molar-refractivity contribution in [1.29, 1.82) is 0 Å². The zero-order chi connectivity index (χ0) is 14.9. The van der Waals surface area contributed by atoms with Gasteiger partial charge in [-0.15, -0.1) is 0 Å². The van der Waals surface area contributed by atoms with Gasteiger partial charge in [-0.3, -0.25) is 0 Å². The fourth-order valence-electron chi connectivity index (χ4n) is 1.82. The molecule has 0 saturated carbocycles. The van der Waals surface area contributed by atoms with E-state index in [1.807, 2.05) is 0 Å². The average molecular weight is 310 g/mol. The van der Waals surface area contributed by atoms with Crippen LogP contribution in [0.5, 0.6) is 0 Å². The molecule has 0 fully saturated rings. The summed E-state index contributed by atoms with van der Waals surface area (Å²) in [5.74, 6) is -0.0370. The molecule has 0 aliphatic carbocycles.